The highest BCUT2D eigenvalue weighted by Gasteiger charge is 2.15. The third-order valence-corrected chi connectivity index (χ3v) is 5.08. The van der Waals surface area contributed by atoms with Gasteiger partial charge in [0.05, 0.1) is 4.90 Å². The molecule has 102 valence electrons. The lowest BCUT2D eigenvalue weighted by atomic mass is 10.1. The first-order valence-electron chi connectivity index (χ1n) is 6.12. The van der Waals surface area contributed by atoms with Gasteiger partial charge < -0.3 is 0 Å². The Labute approximate surface area is 126 Å². The van der Waals surface area contributed by atoms with Crippen molar-refractivity contribution in [2.75, 3.05) is 4.72 Å². The number of allylic oxidation sites excluding steroid dienone is 1. The van der Waals surface area contributed by atoms with Crippen LogP contribution in [0.5, 0.6) is 0 Å². The van der Waals surface area contributed by atoms with Crippen molar-refractivity contribution in [3.63, 3.8) is 0 Å². The molecule has 0 heterocycles. The lowest BCUT2D eigenvalue weighted by Crippen LogP contribution is -2.12. The van der Waals surface area contributed by atoms with Crippen LogP contribution in [0.15, 0.2) is 57.9 Å². The molecule has 0 spiro atoms. The van der Waals surface area contributed by atoms with E-state index in [1.807, 2.05) is 18.2 Å². The Morgan fingerprint density at radius 3 is 2.55 bits per heavy atom. The number of rotatable bonds is 3. The van der Waals surface area contributed by atoms with Gasteiger partial charge in [-0.3, -0.25) is 4.72 Å². The third-order valence-electron chi connectivity index (χ3n) is 3.16. The van der Waals surface area contributed by atoms with Gasteiger partial charge in [0, 0.05) is 10.2 Å². The van der Waals surface area contributed by atoms with Crippen molar-refractivity contribution in [2.45, 2.75) is 11.3 Å². The van der Waals surface area contributed by atoms with Gasteiger partial charge in [0.25, 0.3) is 10.0 Å². The highest BCUT2D eigenvalue weighted by Crippen LogP contribution is 2.25. The molecule has 0 radical (unpaired) electrons. The summed E-state index contributed by atoms with van der Waals surface area (Å²) in [6.45, 7) is 0. The number of hydrogen-bond acceptors (Lipinski definition) is 2. The molecule has 0 fully saturated rings. The molecule has 5 heteroatoms. The number of sulfonamides is 1. The Bertz CT molecular complexity index is 780. The van der Waals surface area contributed by atoms with E-state index in [1.165, 1.54) is 5.56 Å². The first-order chi connectivity index (χ1) is 9.54. The zero-order chi connectivity index (χ0) is 14.2. The molecule has 0 aliphatic heterocycles. The lowest BCUT2D eigenvalue weighted by molar-refractivity contribution is 0.601. The van der Waals surface area contributed by atoms with E-state index < -0.39 is 10.0 Å². The predicted octanol–water partition coefficient (Wildman–Crippen LogP) is 3.82. The fourth-order valence-corrected chi connectivity index (χ4v) is 3.45. The fraction of sp³-hybridized carbons (Fsp3) is 0.0667. The van der Waals surface area contributed by atoms with Crippen molar-refractivity contribution in [1.29, 1.82) is 0 Å². The van der Waals surface area contributed by atoms with E-state index in [1.54, 1.807) is 30.3 Å². The maximum Gasteiger partial charge on any atom is 0.261 e. The van der Waals surface area contributed by atoms with Crippen LogP contribution >= 0.6 is 15.9 Å². The van der Waals surface area contributed by atoms with E-state index in [0.29, 0.717) is 5.69 Å². The summed E-state index contributed by atoms with van der Waals surface area (Å²) in [5.41, 5.74) is 2.87. The van der Waals surface area contributed by atoms with Crippen LogP contribution in [0.4, 0.5) is 5.69 Å². The van der Waals surface area contributed by atoms with E-state index in [-0.39, 0.29) is 4.90 Å². The number of hydrogen-bond donors (Lipinski definition) is 1. The average molecular weight is 350 g/mol. The van der Waals surface area contributed by atoms with Gasteiger partial charge in [-0.1, -0.05) is 34.1 Å². The zero-order valence-corrected chi connectivity index (χ0v) is 12.9. The molecule has 20 heavy (non-hydrogen) atoms. The Balaban J connectivity index is 1.90. The Hall–Kier alpha value is -1.59. The quantitative estimate of drug-likeness (QED) is 0.915. The van der Waals surface area contributed by atoms with Crippen molar-refractivity contribution in [2.24, 2.45) is 0 Å². The Morgan fingerprint density at radius 2 is 1.80 bits per heavy atom. The monoisotopic (exact) mass is 349 g/mol. The third kappa shape index (κ3) is 2.64. The minimum atomic E-state index is -3.54. The lowest BCUT2D eigenvalue weighted by Gasteiger charge is -2.09. The normalized spacial score (nSPS) is 13.2. The number of halogens is 1. The van der Waals surface area contributed by atoms with Gasteiger partial charge in [0.2, 0.25) is 0 Å². The van der Waals surface area contributed by atoms with Crippen molar-refractivity contribution >= 4 is 37.7 Å². The Kier molecular flexibility index (Phi) is 3.40. The molecule has 3 rings (SSSR count). The molecule has 3 nitrogen and oxygen atoms in total. The van der Waals surface area contributed by atoms with Crippen LogP contribution < -0.4 is 4.72 Å². The molecular formula is C15H12BrNO2S. The summed E-state index contributed by atoms with van der Waals surface area (Å²) in [6.07, 6.45) is 4.99. The van der Waals surface area contributed by atoms with Gasteiger partial charge in [0.15, 0.2) is 0 Å². The van der Waals surface area contributed by atoms with Crippen molar-refractivity contribution < 1.29 is 8.42 Å². The van der Waals surface area contributed by atoms with E-state index in [4.69, 9.17) is 0 Å². The van der Waals surface area contributed by atoms with Crippen LogP contribution in [0.25, 0.3) is 6.08 Å². The second-order valence-electron chi connectivity index (χ2n) is 4.58. The molecule has 1 aliphatic rings. The van der Waals surface area contributed by atoms with Crippen LogP contribution in [-0.2, 0) is 16.4 Å². The predicted molar refractivity (Wildman–Crippen MR) is 84.1 cm³/mol. The summed E-state index contributed by atoms with van der Waals surface area (Å²) >= 11 is 3.29. The van der Waals surface area contributed by atoms with Gasteiger partial charge in [-0.25, -0.2) is 8.42 Å². The molecule has 1 aliphatic carbocycles. The minimum Gasteiger partial charge on any atom is -0.280 e. The summed E-state index contributed by atoms with van der Waals surface area (Å²) in [5.74, 6) is 0. The molecule has 2 aromatic carbocycles. The highest BCUT2D eigenvalue weighted by molar-refractivity contribution is 9.10. The van der Waals surface area contributed by atoms with Crippen molar-refractivity contribution in [3.8, 4) is 0 Å². The van der Waals surface area contributed by atoms with Crippen molar-refractivity contribution in [1.82, 2.24) is 0 Å². The van der Waals surface area contributed by atoms with Gasteiger partial charge in [-0.2, -0.15) is 0 Å². The van der Waals surface area contributed by atoms with E-state index in [2.05, 4.69) is 26.7 Å². The maximum atomic E-state index is 12.3. The summed E-state index contributed by atoms with van der Waals surface area (Å²) in [5, 5.41) is 0. The molecule has 0 aromatic heterocycles. The first-order valence-corrected chi connectivity index (χ1v) is 8.40. The Morgan fingerprint density at radius 1 is 1.05 bits per heavy atom. The minimum absolute atomic E-state index is 0.247. The highest BCUT2D eigenvalue weighted by atomic mass is 79.9. The maximum absolute atomic E-state index is 12.3. The largest absolute Gasteiger partial charge is 0.280 e. The molecule has 0 amide bonds. The summed E-state index contributed by atoms with van der Waals surface area (Å²) in [6, 6.07) is 12.2. The van der Waals surface area contributed by atoms with E-state index in [0.717, 1.165) is 16.5 Å². The van der Waals surface area contributed by atoms with Gasteiger partial charge in [-0.05, 0) is 53.9 Å². The second-order valence-corrected chi connectivity index (χ2v) is 7.18. The van der Waals surface area contributed by atoms with Gasteiger partial charge in [-0.15, -0.1) is 0 Å². The smallest absolute Gasteiger partial charge is 0.261 e. The molecular weight excluding hydrogens is 338 g/mol. The van der Waals surface area contributed by atoms with Crippen LogP contribution in [0.2, 0.25) is 0 Å². The number of nitrogens with one attached hydrogen (secondary N) is 1. The van der Waals surface area contributed by atoms with E-state index in [9.17, 15) is 8.42 Å². The molecule has 2 aromatic rings. The number of anilines is 1. The van der Waals surface area contributed by atoms with Gasteiger partial charge >= 0.3 is 0 Å². The molecule has 0 atom stereocenters. The molecule has 0 bridgehead atoms. The molecule has 0 saturated heterocycles. The standard InChI is InChI=1S/C15H12BrNO2S/c16-13-5-8-15(9-6-13)20(18,19)17-14-7-4-11-2-1-3-12(11)10-14/h1,3-10,17H,2H2. The summed E-state index contributed by atoms with van der Waals surface area (Å²) in [4.78, 5) is 0.247. The average Bonchev–Trinajstić information content (AvgIpc) is 2.86. The first kappa shape index (κ1) is 13.4. The number of benzene rings is 2. The topological polar surface area (TPSA) is 46.2 Å². The van der Waals surface area contributed by atoms with Crippen LogP contribution in [0.1, 0.15) is 11.1 Å². The molecule has 1 N–H and O–H groups in total. The van der Waals surface area contributed by atoms with Crippen LogP contribution in [0.3, 0.4) is 0 Å². The van der Waals surface area contributed by atoms with Gasteiger partial charge in [0.1, 0.15) is 0 Å². The van der Waals surface area contributed by atoms with Crippen molar-refractivity contribution in [3.05, 3.63) is 64.1 Å². The summed E-state index contributed by atoms with van der Waals surface area (Å²) < 4.78 is 28.0. The zero-order valence-electron chi connectivity index (χ0n) is 10.5. The molecule has 0 unspecified atom stereocenters. The summed E-state index contributed by atoms with van der Waals surface area (Å²) in [7, 11) is -3.54. The molecule has 0 saturated carbocycles. The SMILES string of the molecule is O=S(=O)(Nc1ccc2c(c1)C=CC2)c1ccc(Br)cc1. The van der Waals surface area contributed by atoms with E-state index >= 15 is 0 Å². The fourth-order valence-electron chi connectivity index (χ4n) is 2.14. The van der Waals surface area contributed by atoms with Crippen LogP contribution in [-0.4, -0.2) is 8.42 Å². The number of fused-ring (bicyclic) bond motifs is 1. The van der Waals surface area contributed by atoms with Crippen LogP contribution in [0, 0.1) is 0 Å². The second kappa shape index (κ2) is 5.07.